The van der Waals surface area contributed by atoms with Crippen molar-refractivity contribution < 1.29 is 17.9 Å². The summed E-state index contributed by atoms with van der Waals surface area (Å²) in [5.41, 5.74) is 4.73. The van der Waals surface area contributed by atoms with E-state index in [1.807, 2.05) is 24.4 Å². The number of halogens is 3. The zero-order valence-electron chi connectivity index (χ0n) is 14.6. The van der Waals surface area contributed by atoms with Gasteiger partial charge in [0.1, 0.15) is 11.6 Å². The Hall–Kier alpha value is -2.61. The molecule has 142 valence electrons. The maximum atomic E-state index is 12.3. The molecule has 4 nitrogen and oxygen atoms in total. The van der Waals surface area contributed by atoms with E-state index < -0.39 is 6.36 Å². The van der Waals surface area contributed by atoms with Crippen LogP contribution in [0.3, 0.4) is 0 Å². The Kier molecular flexibility index (Phi) is 5.95. The molecular formula is C19H18F3N3OS. The molecule has 0 fully saturated rings. The zero-order chi connectivity index (χ0) is 19.3. The quantitative estimate of drug-likeness (QED) is 0.567. The van der Waals surface area contributed by atoms with Gasteiger partial charge in [-0.2, -0.15) is 0 Å². The Morgan fingerprint density at radius 3 is 2.44 bits per heavy atom. The molecule has 0 radical (unpaired) electrons. The Balaban J connectivity index is 1.73. The van der Waals surface area contributed by atoms with Crippen LogP contribution in [0.25, 0.3) is 0 Å². The van der Waals surface area contributed by atoms with Crippen LogP contribution in [0, 0.1) is 6.92 Å². The molecule has 1 aromatic carbocycles. The SMILES string of the molecule is Cc1ccc(N(CCc2cscn2)Cc2ccc(OC(F)(F)F)cc2)nc1. The van der Waals surface area contributed by atoms with Crippen molar-refractivity contribution in [3.63, 3.8) is 0 Å². The molecule has 0 unspecified atom stereocenters. The van der Waals surface area contributed by atoms with Crippen molar-refractivity contribution in [2.75, 3.05) is 11.4 Å². The van der Waals surface area contributed by atoms with Crippen molar-refractivity contribution in [1.82, 2.24) is 9.97 Å². The van der Waals surface area contributed by atoms with Crippen LogP contribution in [0.5, 0.6) is 5.75 Å². The normalized spacial score (nSPS) is 11.4. The number of nitrogens with zero attached hydrogens (tertiary/aromatic N) is 3. The molecule has 0 saturated heterocycles. The van der Waals surface area contributed by atoms with E-state index in [1.54, 1.807) is 35.2 Å². The molecule has 0 aliphatic rings. The minimum atomic E-state index is -4.69. The lowest BCUT2D eigenvalue weighted by atomic mass is 10.2. The number of pyridine rings is 1. The Morgan fingerprint density at radius 2 is 1.85 bits per heavy atom. The maximum Gasteiger partial charge on any atom is 0.573 e. The number of thiazole rings is 1. The summed E-state index contributed by atoms with van der Waals surface area (Å²) >= 11 is 1.55. The Labute approximate surface area is 159 Å². The summed E-state index contributed by atoms with van der Waals surface area (Å²) in [6.07, 6.45) is -2.13. The van der Waals surface area contributed by atoms with Crippen molar-refractivity contribution in [3.05, 3.63) is 70.3 Å². The van der Waals surface area contributed by atoms with Gasteiger partial charge in [-0.15, -0.1) is 24.5 Å². The summed E-state index contributed by atoms with van der Waals surface area (Å²) in [5, 5.41) is 2.00. The van der Waals surface area contributed by atoms with Crippen molar-refractivity contribution in [2.24, 2.45) is 0 Å². The molecule has 0 amide bonds. The van der Waals surface area contributed by atoms with Gasteiger partial charge in [-0.1, -0.05) is 18.2 Å². The van der Waals surface area contributed by atoms with E-state index in [-0.39, 0.29) is 5.75 Å². The summed E-state index contributed by atoms with van der Waals surface area (Å²) in [6.45, 7) is 3.18. The van der Waals surface area contributed by atoms with Crippen molar-refractivity contribution in [1.29, 1.82) is 0 Å². The largest absolute Gasteiger partial charge is 0.573 e. The molecule has 0 N–H and O–H groups in total. The molecular weight excluding hydrogens is 375 g/mol. The number of rotatable bonds is 7. The molecule has 8 heteroatoms. The van der Waals surface area contributed by atoms with Gasteiger partial charge >= 0.3 is 6.36 Å². The number of benzene rings is 1. The van der Waals surface area contributed by atoms with Gasteiger partial charge in [-0.25, -0.2) is 9.97 Å². The van der Waals surface area contributed by atoms with Crippen LogP contribution in [-0.2, 0) is 13.0 Å². The molecule has 27 heavy (non-hydrogen) atoms. The fourth-order valence-corrected chi connectivity index (χ4v) is 3.14. The third kappa shape index (κ3) is 5.96. The second-order valence-corrected chi connectivity index (χ2v) is 6.76. The van der Waals surface area contributed by atoms with Gasteiger partial charge in [0.15, 0.2) is 0 Å². The fourth-order valence-electron chi connectivity index (χ4n) is 2.55. The van der Waals surface area contributed by atoms with Crippen molar-refractivity contribution in [3.8, 4) is 5.75 Å². The summed E-state index contributed by atoms with van der Waals surface area (Å²) in [7, 11) is 0. The van der Waals surface area contributed by atoms with Gasteiger partial charge < -0.3 is 9.64 Å². The topological polar surface area (TPSA) is 38.2 Å². The first kappa shape index (κ1) is 19.2. The first-order valence-corrected chi connectivity index (χ1v) is 9.23. The van der Waals surface area contributed by atoms with Gasteiger partial charge in [-0.3, -0.25) is 0 Å². The predicted octanol–water partition coefficient (Wildman–Crippen LogP) is 4.99. The highest BCUT2D eigenvalue weighted by Crippen LogP contribution is 2.24. The Morgan fingerprint density at radius 1 is 1.07 bits per heavy atom. The van der Waals surface area contributed by atoms with Gasteiger partial charge in [0, 0.05) is 31.1 Å². The average molecular weight is 393 g/mol. The number of ether oxygens (including phenoxy) is 1. The van der Waals surface area contributed by atoms with Crippen LogP contribution in [-0.4, -0.2) is 22.9 Å². The van der Waals surface area contributed by atoms with Crippen LogP contribution in [0.1, 0.15) is 16.8 Å². The third-order valence-electron chi connectivity index (χ3n) is 3.87. The molecule has 3 aromatic rings. The lowest BCUT2D eigenvalue weighted by molar-refractivity contribution is -0.274. The standard InChI is InChI=1S/C19H18F3N3OS/c1-14-2-7-18(23-10-14)25(9-8-16-12-27-13-24-16)11-15-3-5-17(6-4-15)26-19(20,21)22/h2-7,10,12-13H,8-9,11H2,1H3. The van der Waals surface area contributed by atoms with Crippen LogP contribution in [0.2, 0.25) is 0 Å². The number of hydrogen-bond acceptors (Lipinski definition) is 5. The number of alkyl halides is 3. The lowest BCUT2D eigenvalue weighted by Gasteiger charge is -2.24. The molecule has 0 atom stereocenters. The van der Waals surface area contributed by atoms with Crippen LogP contribution >= 0.6 is 11.3 Å². The predicted molar refractivity (Wildman–Crippen MR) is 99.0 cm³/mol. The average Bonchev–Trinajstić information content (AvgIpc) is 3.13. The molecule has 2 aromatic heterocycles. The van der Waals surface area contributed by atoms with Gasteiger partial charge in [0.2, 0.25) is 0 Å². The first-order valence-electron chi connectivity index (χ1n) is 8.28. The van der Waals surface area contributed by atoms with Crippen LogP contribution in [0.4, 0.5) is 19.0 Å². The highest BCUT2D eigenvalue weighted by atomic mass is 32.1. The second-order valence-electron chi connectivity index (χ2n) is 6.04. The molecule has 2 heterocycles. The molecule has 0 bridgehead atoms. The smallest absolute Gasteiger partial charge is 0.406 e. The molecule has 0 aliphatic heterocycles. The summed E-state index contributed by atoms with van der Waals surface area (Å²) < 4.78 is 40.8. The van der Waals surface area contributed by atoms with Crippen LogP contribution in [0.15, 0.2) is 53.5 Å². The number of hydrogen-bond donors (Lipinski definition) is 0. The minimum absolute atomic E-state index is 0.228. The second kappa shape index (κ2) is 8.39. The molecule has 0 saturated carbocycles. The van der Waals surface area contributed by atoms with E-state index in [2.05, 4.69) is 19.6 Å². The lowest BCUT2D eigenvalue weighted by Crippen LogP contribution is -2.26. The van der Waals surface area contributed by atoms with Gasteiger partial charge in [0.05, 0.1) is 11.2 Å². The monoisotopic (exact) mass is 393 g/mol. The first-order chi connectivity index (χ1) is 12.9. The maximum absolute atomic E-state index is 12.3. The van der Waals surface area contributed by atoms with Gasteiger partial charge in [-0.05, 0) is 36.2 Å². The summed E-state index contributed by atoms with van der Waals surface area (Å²) in [5.74, 6) is 0.584. The van der Waals surface area contributed by atoms with Crippen molar-refractivity contribution >= 4 is 17.2 Å². The number of anilines is 1. The van der Waals surface area contributed by atoms with E-state index in [0.717, 1.165) is 29.1 Å². The fraction of sp³-hybridized carbons (Fsp3) is 0.263. The van der Waals surface area contributed by atoms with E-state index in [9.17, 15) is 13.2 Å². The Bertz CT molecular complexity index is 834. The van der Waals surface area contributed by atoms with Gasteiger partial charge in [0.25, 0.3) is 0 Å². The third-order valence-corrected chi connectivity index (χ3v) is 4.51. The molecule has 0 spiro atoms. The summed E-state index contributed by atoms with van der Waals surface area (Å²) in [4.78, 5) is 10.9. The molecule has 0 aliphatic carbocycles. The van der Waals surface area contributed by atoms with E-state index >= 15 is 0 Å². The highest BCUT2D eigenvalue weighted by molar-refractivity contribution is 7.07. The van der Waals surface area contributed by atoms with Crippen molar-refractivity contribution in [2.45, 2.75) is 26.3 Å². The summed E-state index contributed by atoms with van der Waals surface area (Å²) in [6, 6.07) is 9.83. The zero-order valence-corrected chi connectivity index (χ0v) is 15.4. The minimum Gasteiger partial charge on any atom is -0.406 e. The van der Waals surface area contributed by atoms with Crippen LogP contribution < -0.4 is 9.64 Å². The van der Waals surface area contributed by atoms with E-state index in [4.69, 9.17) is 0 Å². The molecule has 3 rings (SSSR count). The van der Waals surface area contributed by atoms with E-state index in [0.29, 0.717) is 13.1 Å². The van der Waals surface area contributed by atoms with E-state index in [1.165, 1.54) is 12.1 Å². The number of aryl methyl sites for hydroxylation is 1. The highest BCUT2D eigenvalue weighted by Gasteiger charge is 2.30. The number of aromatic nitrogens is 2.